The molecule has 30 heavy (non-hydrogen) atoms. The molecule has 2 aromatic carbocycles. The minimum atomic E-state index is -4.57. The second kappa shape index (κ2) is 8.76. The summed E-state index contributed by atoms with van der Waals surface area (Å²) in [6.45, 7) is 0. The highest BCUT2D eigenvalue weighted by Gasteiger charge is 2.33. The quantitative estimate of drug-likeness (QED) is 0.424. The largest absolute Gasteiger partial charge is 0.478 e. The van der Waals surface area contributed by atoms with Crippen molar-refractivity contribution in [1.29, 1.82) is 0 Å². The van der Waals surface area contributed by atoms with Gasteiger partial charge in [-0.25, -0.2) is 4.79 Å². The Morgan fingerprint density at radius 2 is 1.83 bits per heavy atom. The number of aromatic carboxylic acids is 1. The van der Waals surface area contributed by atoms with Gasteiger partial charge in [-0.1, -0.05) is 23.7 Å². The molecule has 0 spiro atoms. The first-order valence-electron chi connectivity index (χ1n) is 8.47. The number of halogens is 4. The van der Waals surface area contributed by atoms with Crippen LogP contribution in [0, 0.1) is 0 Å². The maximum absolute atomic E-state index is 13.0. The molecule has 0 atom stereocenters. The molecule has 3 rings (SSSR count). The average Bonchev–Trinajstić information content (AvgIpc) is 3.09. The van der Waals surface area contributed by atoms with E-state index in [1.54, 1.807) is 23.6 Å². The lowest BCUT2D eigenvalue weighted by Crippen LogP contribution is -2.16. The van der Waals surface area contributed by atoms with E-state index in [1.165, 1.54) is 29.5 Å². The van der Waals surface area contributed by atoms with Gasteiger partial charge in [0.15, 0.2) is 0 Å². The molecule has 0 radical (unpaired) electrons. The number of nitrogens with one attached hydrogen (secondary N) is 2. The second-order valence-corrected chi connectivity index (χ2v) is 7.53. The Morgan fingerprint density at radius 3 is 2.53 bits per heavy atom. The molecular formula is C20H14ClF3N2O3S. The number of amides is 1. The molecule has 1 aromatic heterocycles. The van der Waals surface area contributed by atoms with Gasteiger partial charge in [0.05, 0.1) is 33.3 Å². The first-order valence-corrected chi connectivity index (χ1v) is 9.72. The molecular weight excluding hydrogens is 441 g/mol. The van der Waals surface area contributed by atoms with E-state index in [1.807, 2.05) is 0 Å². The van der Waals surface area contributed by atoms with E-state index >= 15 is 0 Å². The Labute approximate surface area is 178 Å². The Hall–Kier alpha value is -3.04. The highest BCUT2D eigenvalue weighted by atomic mass is 35.5. The predicted octanol–water partition coefficient (Wildman–Crippen LogP) is 6.04. The first kappa shape index (κ1) is 21.7. The number of alkyl halides is 3. The van der Waals surface area contributed by atoms with Crippen LogP contribution in [0.1, 0.15) is 21.5 Å². The summed E-state index contributed by atoms with van der Waals surface area (Å²) in [7, 11) is 0. The van der Waals surface area contributed by atoms with Crippen LogP contribution in [-0.4, -0.2) is 17.0 Å². The molecule has 1 amide bonds. The number of carboxylic acid groups (broad SMARTS) is 1. The van der Waals surface area contributed by atoms with Gasteiger partial charge in [-0.05, 0) is 47.3 Å². The molecule has 0 aliphatic rings. The number of hydrogen-bond acceptors (Lipinski definition) is 4. The number of anilines is 3. The fourth-order valence-corrected chi connectivity index (χ4v) is 3.71. The molecule has 5 nitrogen and oxygen atoms in total. The van der Waals surface area contributed by atoms with Crippen molar-refractivity contribution in [3.8, 4) is 0 Å². The van der Waals surface area contributed by atoms with E-state index in [0.717, 1.165) is 12.1 Å². The van der Waals surface area contributed by atoms with E-state index in [-0.39, 0.29) is 23.4 Å². The van der Waals surface area contributed by atoms with E-state index in [2.05, 4.69) is 10.6 Å². The standard InChI is InChI=1S/C20H14ClF3N2O3S/c21-15-6-5-12(9-14(15)20(22,23)24)25-18-8-11(10-30-18)7-17(27)26-16-4-2-1-3-13(16)19(28)29/h1-6,8-10,25H,7H2,(H,26,27)(H,28,29). The zero-order chi connectivity index (χ0) is 21.9. The zero-order valence-corrected chi connectivity index (χ0v) is 16.7. The summed E-state index contributed by atoms with van der Waals surface area (Å²) in [6, 6.07) is 11.2. The molecule has 3 aromatic rings. The van der Waals surface area contributed by atoms with Crippen LogP contribution >= 0.6 is 22.9 Å². The topological polar surface area (TPSA) is 78.4 Å². The Bertz CT molecular complexity index is 1100. The van der Waals surface area contributed by atoms with Gasteiger partial charge in [-0.2, -0.15) is 13.2 Å². The first-order chi connectivity index (χ1) is 14.1. The predicted molar refractivity (Wildman–Crippen MR) is 110 cm³/mol. The minimum Gasteiger partial charge on any atom is -0.478 e. The third-order valence-corrected chi connectivity index (χ3v) is 5.21. The van der Waals surface area contributed by atoms with E-state index in [0.29, 0.717) is 10.6 Å². The van der Waals surface area contributed by atoms with Crippen LogP contribution in [0.3, 0.4) is 0 Å². The fourth-order valence-electron chi connectivity index (χ4n) is 2.65. The van der Waals surface area contributed by atoms with Crippen molar-refractivity contribution in [1.82, 2.24) is 0 Å². The number of benzene rings is 2. The third kappa shape index (κ3) is 5.31. The summed E-state index contributed by atoms with van der Waals surface area (Å²) < 4.78 is 38.9. The number of carbonyl (C=O) groups is 2. The maximum Gasteiger partial charge on any atom is 0.417 e. The van der Waals surface area contributed by atoms with Crippen LogP contribution in [0.15, 0.2) is 53.9 Å². The lowest BCUT2D eigenvalue weighted by Gasteiger charge is -2.11. The van der Waals surface area contributed by atoms with Gasteiger partial charge in [0.1, 0.15) is 0 Å². The number of carbonyl (C=O) groups excluding carboxylic acids is 1. The monoisotopic (exact) mass is 454 g/mol. The highest BCUT2D eigenvalue weighted by molar-refractivity contribution is 7.14. The summed E-state index contributed by atoms with van der Waals surface area (Å²) in [4.78, 5) is 23.5. The number of thiophene rings is 1. The molecule has 0 saturated carbocycles. The van der Waals surface area contributed by atoms with Crippen LogP contribution in [0.2, 0.25) is 5.02 Å². The molecule has 0 unspecified atom stereocenters. The molecule has 10 heteroatoms. The third-order valence-electron chi connectivity index (χ3n) is 3.99. The van der Waals surface area contributed by atoms with Gasteiger partial charge in [-0.15, -0.1) is 11.3 Å². The van der Waals surface area contributed by atoms with Gasteiger partial charge >= 0.3 is 12.1 Å². The molecule has 3 N–H and O–H groups in total. The molecule has 0 aliphatic heterocycles. The van der Waals surface area contributed by atoms with Gasteiger partial charge in [-0.3, -0.25) is 4.79 Å². The fraction of sp³-hybridized carbons (Fsp3) is 0.100. The van der Waals surface area contributed by atoms with Crippen LogP contribution < -0.4 is 10.6 Å². The smallest absolute Gasteiger partial charge is 0.417 e. The Kier molecular flexibility index (Phi) is 6.33. The Balaban J connectivity index is 1.67. The van der Waals surface area contributed by atoms with Crippen molar-refractivity contribution >= 4 is 51.2 Å². The summed E-state index contributed by atoms with van der Waals surface area (Å²) in [5.41, 5.74) is 0.0475. The van der Waals surface area contributed by atoms with Gasteiger partial charge in [0.25, 0.3) is 0 Å². The Morgan fingerprint density at radius 1 is 1.10 bits per heavy atom. The highest BCUT2D eigenvalue weighted by Crippen LogP contribution is 2.37. The normalized spacial score (nSPS) is 11.2. The van der Waals surface area contributed by atoms with E-state index in [9.17, 15) is 22.8 Å². The molecule has 1 heterocycles. The van der Waals surface area contributed by atoms with Gasteiger partial charge < -0.3 is 15.7 Å². The lowest BCUT2D eigenvalue weighted by molar-refractivity contribution is -0.137. The number of carboxylic acids is 1. The summed E-state index contributed by atoms with van der Waals surface area (Å²) in [6.07, 6.45) is -4.60. The van der Waals surface area contributed by atoms with E-state index in [4.69, 9.17) is 16.7 Å². The molecule has 156 valence electrons. The van der Waals surface area contributed by atoms with Gasteiger partial charge in [0.2, 0.25) is 5.91 Å². The molecule has 0 aliphatic carbocycles. The second-order valence-electron chi connectivity index (χ2n) is 6.21. The average molecular weight is 455 g/mol. The minimum absolute atomic E-state index is 0.0262. The summed E-state index contributed by atoms with van der Waals surface area (Å²) in [5, 5.41) is 16.4. The van der Waals surface area contributed by atoms with Crippen molar-refractivity contribution in [2.24, 2.45) is 0 Å². The van der Waals surface area contributed by atoms with Crippen LogP contribution in [0.25, 0.3) is 0 Å². The van der Waals surface area contributed by atoms with Crippen LogP contribution in [0.5, 0.6) is 0 Å². The van der Waals surface area contributed by atoms with Crippen molar-refractivity contribution in [2.75, 3.05) is 10.6 Å². The lowest BCUT2D eigenvalue weighted by atomic mass is 10.1. The molecule has 0 bridgehead atoms. The van der Waals surface area contributed by atoms with E-state index < -0.39 is 28.6 Å². The van der Waals surface area contributed by atoms with Crippen molar-refractivity contribution in [2.45, 2.75) is 12.6 Å². The number of rotatable bonds is 6. The van der Waals surface area contributed by atoms with Gasteiger partial charge in [0, 0.05) is 5.69 Å². The number of hydrogen-bond donors (Lipinski definition) is 3. The van der Waals surface area contributed by atoms with Crippen molar-refractivity contribution in [3.63, 3.8) is 0 Å². The molecule has 0 fully saturated rings. The SMILES string of the molecule is O=C(Cc1csc(Nc2ccc(Cl)c(C(F)(F)F)c2)c1)Nc1ccccc1C(=O)O. The zero-order valence-electron chi connectivity index (χ0n) is 15.1. The van der Waals surface area contributed by atoms with Crippen LogP contribution in [0.4, 0.5) is 29.5 Å². The summed E-state index contributed by atoms with van der Waals surface area (Å²) in [5.74, 6) is -1.58. The van der Waals surface area contributed by atoms with Crippen molar-refractivity contribution < 1.29 is 27.9 Å². The number of para-hydroxylation sites is 1. The maximum atomic E-state index is 13.0. The summed E-state index contributed by atoms with van der Waals surface area (Å²) >= 11 is 6.83. The van der Waals surface area contributed by atoms with Crippen LogP contribution in [-0.2, 0) is 17.4 Å². The molecule has 0 saturated heterocycles. The van der Waals surface area contributed by atoms with Crippen molar-refractivity contribution in [3.05, 3.63) is 75.6 Å².